The Hall–Kier alpha value is -2.10. The Bertz CT molecular complexity index is 570. The molecule has 0 saturated carbocycles. The van der Waals surface area contributed by atoms with Crippen molar-refractivity contribution in [3.8, 4) is 0 Å². The van der Waals surface area contributed by atoms with Crippen LogP contribution in [-0.4, -0.2) is 9.97 Å². The van der Waals surface area contributed by atoms with Gasteiger partial charge in [0.15, 0.2) is 0 Å². The van der Waals surface area contributed by atoms with Gasteiger partial charge >= 0.3 is 5.69 Å². The van der Waals surface area contributed by atoms with E-state index in [4.69, 9.17) is 0 Å². The first kappa shape index (κ1) is 11.4. The fourth-order valence-corrected chi connectivity index (χ4v) is 2.00. The molecule has 2 aromatic rings. The molecule has 4 nitrogen and oxygen atoms in total. The molecule has 1 aromatic heterocycles. The highest BCUT2D eigenvalue weighted by Gasteiger charge is 2.13. The number of hydrogen-bond acceptors (Lipinski definition) is 2. The van der Waals surface area contributed by atoms with Crippen molar-refractivity contribution in [3.63, 3.8) is 0 Å². The van der Waals surface area contributed by atoms with Crippen LogP contribution in [0.5, 0.6) is 0 Å². The number of rotatable bonds is 3. The Balaban J connectivity index is 2.49. The molecule has 17 heavy (non-hydrogen) atoms. The SMILES string of the molecule is CC[C@@H](c1ccccc1)c1cc(=O)[nH]c(=O)[nH]1. The maximum Gasteiger partial charge on any atom is 0.325 e. The monoisotopic (exact) mass is 230 g/mol. The van der Waals surface area contributed by atoms with E-state index in [0.29, 0.717) is 5.69 Å². The molecule has 0 fully saturated rings. The second-order valence-electron chi connectivity index (χ2n) is 3.91. The predicted molar refractivity (Wildman–Crippen MR) is 66.3 cm³/mol. The largest absolute Gasteiger partial charge is 0.325 e. The van der Waals surface area contributed by atoms with Crippen molar-refractivity contribution in [2.45, 2.75) is 19.3 Å². The lowest BCUT2D eigenvalue weighted by Gasteiger charge is -2.14. The van der Waals surface area contributed by atoms with Crippen molar-refractivity contribution < 1.29 is 0 Å². The van der Waals surface area contributed by atoms with Crippen LogP contribution in [0.15, 0.2) is 46.0 Å². The van der Waals surface area contributed by atoms with Crippen molar-refractivity contribution in [2.75, 3.05) is 0 Å². The lowest BCUT2D eigenvalue weighted by Crippen LogP contribution is -2.24. The van der Waals surface area contributed by atoms with Gasteiger partial charge < -0.3 is 4.98 Å². The highest BCUT2D eigenvalue weighted by molar-refractivity contribution is 5.27. The molecule has 0 spiro atoms. The summed E-state index contributed by atoms with van der Waals surface area (Å²) in [6, 6.07) is 11.3. The second kappa shape index (κ2) is 4.82. The molecule has 2 N–H and O–H groups in total. The molecule has 0 saturated heterocycles. The van der Waals surface area contributed by atoms with E-state index in [9.17, 15) is 9.59 Å². The smallest absolute Gasteiger partial charge is 0.311 e. The topological polar surface area (TPSA) is 65.7 Å². The first-order valence-electron chi connectivity index (χ1n) is 5.59. The van der Waals surface area contributed by atoms with E-state index in [1.807, 2.05) is 37.3 Å². The van der Waals surface area contributed by atoms with Crippen LogP contribution in [0.25, 0.3) is 0 Å². The Morgan fingerprint density at radius 1 is 1.12 bits per heavy atom. The van der Waals surface area contributed by atoms with Gasteiger partial charge in [0.1, 0.15) is 0 Å². The molecule has 1 heterocycles. The Labute approximate surface area is 98.3 Å². The fraction of sp³-hybridized carbons (Fsp3) is 0.231. The molecule has 0 aliphatic carbocycles. The molecule has 0 radical (unpaired) electrons. The van der Waals surface area contributed by atoms with Crippen LogP contribution in [0.1, 0.15) is 30.5 Å². The summed E-state index contributed by atoms with van der Waals surface area (Å²) in [6.45, 7) is 2.02. The van der Waals surface area contributed by atoms with Gasteiger partial charge in [0.05, 0.1) is 0 Å². The lowest BCUT2D eigenvalue weighted by atomic mass is 9.93. The molecule has 0 aliphatic rings. The standard InChI is InChI=1S/C13H14N2O2/c1-2-10(9-6-4-3-5-7-9)11-8-12(16)15-13(17)14-11/h3-8,10H,2H2,1H3,(H2,14,15,16,17)/t10-/m0/s1. The minimum absolute atomic E-state index is 0.0474. The summed E-state index contributed by atoms with van der Waals surface area (Å²) < 4.78 is 0. The van der Waals surface area contributed by atoms with Gasteiger partial charge in [-0.1, -0.05) is 37.3 Å². The summed E-state index contributed by atoms with van der Waals surface area (Å²) in [6.07, 6.45) is 0.823. The Morgan fingerprint density at radius 3 is 2.41 bits per heavy atom. The van der Waals surface area contributed by atoms with Gasteiger partial charge in [-0.3, -0.25) is 9.78 Å². The van der Waals surface area contributed by atoms with Crippen LogP contribution < -0.4 is 11.2 Å². The van der Waals surface area contributed by atoms with Gasteiger partial charge in [0.25, 0.3) is 5.56 Å². The number of aromatic nitrogens is 2. The molecular formula is C13H14N2O2. The average molecular weight is 230 g/mol. The third kappa shape index (κ3) is 2.53. The van der Waals surface area contributed by atoms with Crippen LogP contribution in [0.2, 0.25) is 0 Å². The average Bonchev–Trinajstić information content (AvgIpc) is 2.30. The van der Waals surface area contributed by atoms with Crippen molar-refractivity contribution in [3.05, 3.63) is 68.5 Å². The molecule has 0 unspecified atom stereocenters. The molecule has 2 rings (SSSR count). The summed E-state index contributed by atoms with van der Waals surface area (Å²) in [4.78, 5) is 27.4. The predicted octanol–water partition coefficient (Wildman–Crippen LogP) is 1.61. The van der Waals surface area contributed by atoms with Crippen LogP contribution in [-0.2, 0) is 0 Å². The summed E-state index contributed by atoms with van der Waals surface area (Å²) >= 11 is 0. The van der Waals surface area contributed by atoms with Crippen LogP contribution in [0.3, 0.4) is 0 Å². The molecular weight excluding hydrogens is 216 g/mol. The fourth-order valence-electron chi connectivity index (χ4n) is 2.00. The second-order valence-corrected chi connectivity index (χ2v) is 3.91. The van der Waals surface area contributed by atoms with Gasteiger partial charge in [-0.2, -0.15) is 0 Å². The van der Waals surface area contributed by atoms with E-state index < -0.39 is 5.69 Å². The third-order valence-corrected chi connectivity index (χ3v) is 2.77. The van der Waals surface area contributed by atoms with Gasteiger partial charge in [0, 0.05) is 17.7 Å². The van der Waals surface area contributed by atoms with Crippen molar-refractivity contribution >= 4 is 0 Å². The summed E-state index contributed by atoms with van der Waals surface area (Å²) in [5.74, 6) is 0.0474. The van der Waals surface area contributed by atoms with Crippen LogP contribution in [0.4, 0.5) is 0 Å². The van der Waals surface area contributed by atoms with E-state index in [1.165, 1.54) is 6.07 Å². The molecule has 4 heteroatoms. The van der Waals surface area contributed by atoms with Crippen LogP contribution in [0, 0.1) is 0 Å². The Morgan fingerprint density at radius 2 is 1.82 bits per heavy atom. The maximum atomic E-state index is 11.3. The minimum Gasteiger partial charge on any atom is -0.311 e. The molecule has 1 atom stereocenters. The first-order valence-corrected chi connectivity index (χ1v) is 5.59. The summed E-state index contributed by atoms with van der Waals surface area (Å²) in [5.41, 5.74) is 0.934. The highest BCUT2D eigenvalue weighted by Crippen LogP contribution is 2.24. The summed E-state index contributed by atoms with van der Waals surface area (Å²) in [7, 11) is 0. The molecule has 0 bridgehead atoms. The van der Waals surface area contributed by atoms with E-state index in [-0.39, 0.29) is 11.5 Å². The minimum atomic E-state index is -0.457. The molecule has 0 aliphatic heterocycles. The zero-order chi connectivity index (χ0) is 12.3. The first-order chi connectivity index (χ1) is 8.20. The van der Waals surface area contributed by atoms with E-state index >= 15 is 0 Å². The third-order valence-electron chi connectivity index (χ3n) is 2.77. The number of benzene rings is 1. The zero-order valence-corrected chi connectivity index (χ0v) is 9.57. The van der Waals surface area contributed by atoms with Crippen molar-refractivity contribution in [2.24, 2.45) is 0 Å². The van der Waals surface area contributed by atoms with E-state index in [2.05, 4.69) is 9.97 Å². The maximum absolute atomic E-state index is 11.3. The number of hydrogen-bond donors (Lipinski definition) is 2. The number of nitrogens with one attached hydrogen (secondary N) is 2. The van der Waals surface area contributed by atoms with Gasteiger partial charge in [0.2, 0.25) is 0 Å². The van der Waals surface area contributed by atoms with Crippen LogP contribution >= 0.6 is 0 Å². The van der Waals surface area contributed by atoms with Crippen molar-refractivity contribution in [1.29, 1.82) is 0 Å². The van der Waals surface area contributed by atoms with E-state index in [0.717, 1.165) is 12.0 Å². The van der Waals surface area contributed by atoms with Gasteiger partial charge in [-0.15, -0.1) is 0 Å². The van der Waals surface area contributed by atoms with E-state index in [1.54, 1.807) is 0 Å². The highest BCUT2D eigenvalue weighted by atomic mass is 16.2. The molecule has 1 aromatic carbocycles. The molecule has 88 valence electrons. The lowest BCUT2D eigenvalue weighted by molar-refractivity contribution is 0.735. The Kier molecular flexibility index (Phi) is 3.23. The van der Waals surface area contributed by atoms with Gasteiger partial charge in [-0.25, -0.2) is 4.79 Å². The number of aromatic amines is 2. The zero-order valence-electron chi connectivity index (χ0n) is 9.57. The quantitative estimate of drug-likeness (QED) is 0.841. The molecule has 0 amide bonds. The normalized spacial score (nSPS) is 12.3. The number of H-pyrrole nitrogens is 2. The van der Waals surface area contributed by atoms with Gasteiger partial charge in [-0.05, 0) is 12.0 Å². The van der Waals surface area contributed by atoms with Crippen molar-refractivity contribution in [1.82, 2.24) is 9.97 Å². The summed E-state index contributed by atoms with van der Waals surface area (Å²) in [5, 5.41) is 0.